The lowest BCUT2D eigenvalue weighted by Gasteiger charge is -2.30. The Labute approximate surface area is 189 Å². The van der Waals surface area contributed by atoms with Crippen LogP contribution in [0.5, 0.6) is 5.75 Å². The first-order valence-electron chi connectivity index (χ1n) is 9.10. The maximum absolute atomic E-state index is 13.0. The highest BCUT2D eigenvalue weighted by molar-refractivity contribution is 9.10. The number of carbonyl (C=O) groups excluding carboxylic acids is 2. The molecule has 1 atom stereocenters. The van der Waals surface area contributed by atoms with Crippen molar-refractivity contribution in [3.63, 3.8) is 0 Å². The standard InChI is InChI=1S/C21H23BrCl2N2O3/c1-4-19(21(28)25-3)26(11-14-5-8-17(23)18(24)10-14)20(27)12-29-15-6-7-16(22)13(2)9-15/h5-10,19H,4,11-12H2,1-3H3,(H,25,28)/t19-/m0/s1. The predicted molar refractivity (Wildman–Crippen MR) is 120 cm³/mol. The number of aryl methyl sites for hydroxylation is 1. The van der Waals surface area contributed by atoms with Gasteiger partial charge in [-0.15, -0.1) is 0 Å². The molecule has 2 aromatic carbocycles. The Hall–Kier alpha value is -1.76. The van der Waals surface area contributed by atoms with Crippen LogP contribution < -0.4 is 10.1 Å². The lowest BCUT2D eigenvalue weighted by atomic mass is 10.1. The first-order valence-corrected chi connectivity index (χ1v) is 10.7. The molecule has 0 heterocycles. The minimum atomic E-state index is -0.628. The van der Waals surface area contributed by atoms with Crippen LogP contribution in [0, 0.1) is 6.92 Å². The third kappa shape index (κ3) is 6.36. The zero-order chi connectivity index (χ0) is 21.6. The number of nitrogens with zero attached hydrogens (tertiary/aromatic N) is 1. The number of hydrogen-bond donors (Lipinski definition) is 1. The van der Waals surface area contributed by atoms with E-state index < -0.39 is 6.04 Å². The predicted octanol–water partition coefficient (Wildman–Crippen LogP) is 5.00. The van der Waals surface area contributed by atoms with Crippen LogP contribution in [0.1, 0.15) is 24.5 Å². The molecule has 2 aromatic rings. The van der Waals surface area contributed by atoms with Gasteiger partial charge in [-0.2, -0.15) is 0 Å². The number of ether oxygens (including phenoxy) is 1. The van der Waals surface area contributed by atoms with E-state index in [2.05, 4.69) is 21.2 Å². The molecule has 0 saturated carbocycles. The molecule has 2 rings (SSSR count). The molecule has 0 aliphatic heterocycles. The first kappa shape index (κ1) is 23.5. The Kier molecular flexibility index (Phi) is 8.80. The van der Waals surface area contributed by atoms with E-state index in [0.717, 1.165) is 15.6 Å². The van der Waals surface area contributed by atoms with Crippen molar-refractivity contribution in [2.75, 3.05) is 13.7 Å². The highest BCUT2D eigenvalue weighted by Crippen LogP contribution is 2.25. The minimum Gasteiger partial charge on any atom is -0.484 e. The van der Waals surface area contributed by atoms with Crippen molar-refractivity contribution in [3.8, 4) is 5.75 Å². The highest BCUT2D eigenvalue weighted by Gasteiger charge is 2.28. The van der Waals surface area contributed by atoms with Gasteiger partial charge in [0.2, 0.25) is 5.91 Å². The Bertz CT molecular complexity index is 892. The maximum atomic E-state index is 13.0. The molecular weight excluding hydrogens is 479 g/mol. The SMILES string of the molecule is CC[C@@H](C(=O)NC)N(Cc1ccc(Cl)c(Cl)c1)C(=O)COc1ccc(Br)c(C)c1. The van der Waals surface area contributed by atoms with Crippen molar-refractivity contribution in [2.24, 2.45) is 0 Å². The molecule has 0 radical (unpaired) electrons. The number of rotatable bonds is 8. The number of nitrogens with one attached hydrogen (secondary N) is 1. The van der Waals surface area contributed by atoms with Gasteiger partial charge >= 0.3 is 0 Å². The van der Waals surface area contributed by atoms with Crippen LogP contribution in [-0.2, 0) is 16.1 Å². The van der Waals surface area contributed by atoms with Crippen LogP contribution >= 0.6 is 39.1 Å². The van der Waals surface area contributed by atoms with Crippen LogP contribution in [0.4, 0.5) is 0 Å². The second-order valence-corrected chi connectivity index (χ2v) is 8.18. The molecular formula is C21H23BrCl2N2O3. The summed E-state index contributed by atoms with van der Waals surface area (Å²) < 4.78 is 6.64. The molecule has 156 valence electrons. The highest BCUT2D eigenvalue weighted by atomic mass is 79.9. The lowest BCUT2D eigenvalue weighted by molar-refractivity contribution is -0.142. The van der Waals surface area contributed by atoms with Crippen molar-refractivity contribution in [1.82, 2.24) is 10.2 Å². The quantitative estimate of drug-likeness (QED) is 0.553. The monoisotopic (exact) mass is 500 g/mol. The molecule has 29 heavy (non-hydrogen) atoms. The maximum Gasteiger partial charge on any atom is 0.261 e. The van der Waals surface area contributed by atoms with Crippen LogP contribution in [0.3, 0.4) is 0 Å². The van der Waals surface area contributed by atoms with Crippen LogP contribution in [0.15, 0.2) is 40.9 Å². The summed E-state index contributed by atoms with van der Waals surface area (Å²) in [6, 6.07) is 10.0. The molecule has 0 aliphatic rings. The molecule has 5 nitrogen and oxygen atoms in total. The van der Waals surface area contributed by atoms with Gasteiger partial charge in [0.15, 0.2) is 6.61 Å². The van der Waals surface area contributed by atoms with E-state index in [1.807, 2.05) is 26.0 Å². The van der Waals surface area contributed by atoms with E-state index in [0.29, 0.717) is 22.2 Å². The molecule has 0 aromatic heterocycles. The average molecular weight is 502 g/mol. The number of amides is 2. The molecule has 0 bridgehead atoms. The number of benzene rings is 2. The Morgan fingerprint density at radius 1 is 1.17 bits per heavy atom. The van der Waals surface area contributed by atoms with E-state index in [9.17, 15) is 9.59 Å². The zero-order valence-electron chi connectivity index (χ0n) is 16.5. The number of hydrogen-bond acceptors (Lipinski definition) is 3. The smallest absolute Gasteiger partial charge is 0.261 e. The molecule has 0 unspecified atom stereocenters. The van der Waals surface area contributed by atoms with E-state index in [1.165, 1.54) is 4.90 Å². The largest absolute Gasteiger partial charge is 0.484 e. The summed E-state index contributed by atoms with van der Waals surface area (Å²) in [4.78, 5) is 26.9. The Morgan fingerprint density at radius 3 is 2.48 bits per heavy atom. The summed E-state index contributed by atoms with van der Waals surface area (Å²) in [5.41, 5.74) is 1.77. The van der Waals surface area contributed by atoms with Gasteiger partial charge < -0.3 is 15.0 Å². The zero-order valence-corrected chi connectivity index (χ0v) is 19.6. The van der Waals surface area contributed by atoms with Crippen molar-refractivity contribution in [3.05, 3.63) is 62.0 Å². The minimum absolute atomic E-state index is 0.185. The summed E-state index contributed by atoms with van der Waals surface area (Å²) in [5, 5.41) is 3.44. The van der Waals surface area contributed by atoms with Crippen molar-refractivity contribution < 1.29 is 14.3 Å². The van der Waals surface area contributed by atoms with Gasteiger partial charge in [-0.05, 0) is 54.8 Å². The average Bonchev–Trinajstić information content (AvgIpc) is 2.70. The summed E-state index contributed by atoms with van der Waals surface area (Å²) in [7, 11) is 1.55. The number of likely N-dealkylation sites (N-methyl/N-ethyl adjacent to an activating group) is 1. The second-order valence-electron chi connectivity index (χ2n) is 6.51. The topological polar surface area (TPSA) is 58.6 Å². The molecule has 8 heteroatoms. The summed E-state index contributed by atoms with van der Waals surface area (Å²) in [5.74, 6) is 0.0500. The molecule has 1 N–H and O–H groups in total. The van der Waals surface area contributed by atoms with Gasteiger partial charge in [0.1, 0.15) is 11.8 Å². The fraction of sp³-hybridized carbons (Fsp3) is 0.333. The van der Waals surface area contributed by atoms with Gasteiger partial charge in [-0.25, -0.2) is 0 Å². The van der Waals surface area contributed by atoms with Crippen molar-refractivity contribution in [1.29, 1.82) is 0 Å². The Balaban J connectivity index is 2.22. The van der Waals surface area contributed by atoms with E-state index >= 15 is 0 Å². The van der Waals surface area contributed by atoms with E-state index in [-0.39, 0.29) is 25.0 Å². The molecule has 0 spiro atoms. The number of halogens is 3. The van der Waals surface area contributed by atoms with Crippen molar-refractivity contribution >= 4 is 50.9 Å². The van der Waals surface area contributed by atoms with E-state index in [4.69, 9.17) is 27.9 Å². The molecule has 0 fully saturated rings. The fourth-order valence-corrected chi connectivity index (χ4v) is 3.42. The third-order valence-corrected chi connectivity index (χ3v) is 6.09. The van der Waals surface area contributed by atoms with Gasteiger partial charge in [0.25, 0.3) is 5.91 Å². The molecule has 2 amide bonds. The third-order valence-electron chi connectivity index (χ3n) is 4.46. The first-order chi connectivity index (χ1) is 13.8. The molecule has 0 aliphatic carbocycles. The van der Waals surface area contributed by atoms with Crippen LogP contribution in [-0.4, -0.2) is 36.4 Å². The normalized spacial score (nSPS) is 11.7. The van der Waals surface area contributed by atoms with Gasteiger partial charge in [-0.3, -0.25) is 9.59 Å². The lowest BCUT2D eigenvalue weighted by Crippen LogP contribution is -2.49. The summed E-state index contributed by atoms with van der Waals surface area (Å²) in [6.45, 7) is 3.82. The fourth-order valence-electron chi connectivity index (χ4n) is 2.86. The van der Waals surface area contributed by atoms with Crippen LogP contribution in [0.2, 0.25) is 10.0 Å². The van der Waals surface area contributed by atoms with E-state index in [1.54, 1.807) is 31.3 Å². The van der Waals surface area contributed by atoms with Crippen molar-refractivity contribution in [2.45, 2.75) is 32.9 Å². The molecule has 0 saturated heterocycles. The van der Waals surface area contributed by atoms with Gasteiger partial charge in [0.05, 0.1) is 10.0 Å². The van der Waals surface area contributed by atoms with Gasteiger partial charge in [-0.1, -0.05) is 52.1 Å². The number of carbonyl (C=O) groups is 2. The van der Waals surface area contributed by atoms with Crippen LogP contribution in [0.25, 0.3) is 0 Å². The summed E-state index contributed by atoms with van der Waals surface area (Å²) in [6.07, 6.45) is 0.462. The Morgan fingerprint density at radius 2 is 1.90 bits per heavy atom. The second kappa shape index (κ2) is 10.9. The summed E-state index contributed by atoms with van der Waals surface area (Å²) >= 11 is 15.5. The van der Waals surface area contributed by atoms with Gasteiger partial charge in [0, 0.05) is 18.1 Å².